The number of hydrogen-bond donors (Lipinski definition) is 2. The summed E-state index contributed by atoms with van der Waals surface area (Å²) in [5, 5.41) is 12.2. The molecule has 46 heavy (non-hydrogen) atoms. The zero-order valence-electron chi connectivity index (χ0n) is 25.8. The number of nitrogens with zero attached hydrogens (tertiary/aromatic N) is 1. The highest BCUT2D eigenvalue weighted by atomic mass is 16.5. The standard InChI is InChI=1S/C37H38N2O7/c1-2-3-4-5-9-24-45-32-22-16-30(17-23-32)37(44)46-33-20-12-27(13-21-33)25-39(26-34(40)41)36(43)29-14-18-31(19-15-29)38-35(42)28-10-7-6-8-11-28/h6-8,10-23H,2-5,9,24-26H2,1H3,(H,38,42)(H,40,41). The molecule has 0 atom stereocenters. The van der Waals surface area contributed by atoms with E-state index in [1.807, 2.05) is 6.07 Å². The Morgan fingerprint density at radius 3 is 1.98 bits per heavy atom. The van der Waals surface area contributed by atoms with Crippen LogP contribution in [-0.4, -0.2) is 46.9 Å². The van der Waals surface area contributed by atoms with Crippen LogP contribution >= 0.6 is 0 Å². The Kier molecular flexibility index (Phi) is 12.5. The number of benzene rings is 4. The summed E-state index contributed by atoms with van der Waals surface area (Å²) in [6.07, 6.45) is 5.77. The van der Waals surface area contributed by atoms with E-state index in [2.05, 4.69) is 12.2 Å². The number of aliphatic carboxylic acids is 1. The van der Waals surface area contributed by atoms with Crippen LogP contribution in [0.25, 0.3) is 0 Å². The molecule has 0 bridgehead atoms. The molecule has 0 aliphatic rings. The van der Waals surface area contributed by atoms with E-state index < -0.39 is 24.4 Å². The molecule has 4 aromatic carbocycles. The van der Waals surface area contributed by atoms with Crippen molar-refractivity contribution in [3.63, 3.8) is 0 Å². The van der Waals surface area contributed by atoms with E-state index in [4.69, 9.17) is 9.47 Å². The maximum absolute atomic E-state index is 13.2. The molecule has 238 valence electrons. The normalized spacial score (nSPS) is 10.5. The second kappa shape index (κ2) is 17.2. The van der Waals surface area contributed by atoms with Gasteiger partial charge in [-0.1, -0.05) is 62.9 Å². The predicted octanol–water partition coefficient (Wildman–Crippen LogP) is 7.23. The molecule has 9 nitrogen and oxygen atoms in total. The summed E-state index contributed by atoms with van der Waals surface area (Å²) in [5.74, 6) is -1.44. The quantitative estimate of drug-likeness (QED) is 0.0768. The summed E-state index contributed by atoms with van der Waals surface area (Å²) in [6.45, 7) is 2.32. The van der Waals surface area contributed by atoms with Gasteiger partial charge in [0.25, 0.3) is 11.8 Å². The molecule has 0 saturated heterocycles. The molecule has 2 N–H and O–H groups in total. The van der Waals surface area contributed by atoms with Gasteiger partial charge in [-0.25, -0.2) is 4.79 Å². The van der Waals surface area contributed by atoms with Crippen LogP contribution in [-0.2, 0) is 11.3 Å². The highest BCUT2D eigenvalue weighted by molar-refractivity contribution is 6.04. The number of carbonyl (C=O) groups excluding carboxylic acids is 3. The highest BCUT2D eigenvalue weighted by Crippen LogP contribution is 2.20. The number of carboxylic acids is 1. The van der Waals surface area contributed by atoms with Crippen LogP contribution in [0.3, 0.4) is 0 Å². The molecule has 0 saturated carbocycles. The Morgan fingerprint density at radius 2 is 1.33 bits per heavy atom. The van der Waals surface area contributed by atoms with Crippen LogP contribution in [0.1, 0.15) is 75.7 Å². The molecule has 0 radical (unpaired) electrons. The molecule has 0 spiro atoms. The van der Waals surface area contributed by atoms with E-state index in [0.29, 0.717) is 40.5 Å². The summed E-state index contributed by atoms with van der Waals surface area (Å²) in [4.78, 5) is 51.1. The van der Waals surface area contributed by atoms with Crippen LogP contribution in [0.4, 0.5) is 5.69 Å². The van der Waals surface area contributed by atoms with Gasteiger partial charge >= 0.3 is 11.9 Å². The minimum Gasteiger partial charge on any atom is -0.494 e. The fourth-order valence-electron chi connectivity index (χ4n) is 4.67. The van der Waals surface area contributed by atoms with Crippen molar-refractivity contribution in [2.45, 2.75) is 45.6 Å². The van der Waals surface area contributed by atoms with Crippen molar-refractivity contribution in [3.05, 3.63) is 125 Å². The number of ether oxygens (including phenoxy) is 2. The monoisotopic (exact) mass is 622 g/mol. The molecule has 0 heterocycles. The molecule has 4 aromatic rings. The number of rotatable bonds is 16. The van der Waals surface area contributed by atoms with Crippen LogP contribution in [0.5, 0.6) is 11.5 Å². The molecule has 9 heteroatoms. The maximum Gasteiger partial charge on any atom is 0.343 e. The number of amides is 2. The first-order valence-electron chi connectivity index (χ1n) is 15.3. The van der Waals surface area contributed by atoms with Crippen LogP contribution in [0.2, 0.25) is 0 Å². The lowest BCUT2D eigenvalue weighted by Crippen LogP contribution is -2.35. The van der Waals surface area contributed by atoms with Crippen LogP contribution in [0.15, 0.2) is 103 Å². The first-order valence-corrected chi connectivity index (χ1v) is 15.3. The molecule has 4 rings (SSSR count). The number of esters is 1. The van der Waals surface area contributed by atoms with Gasteiger partial charge in [0.2, 0.25) is 0 Å². The van der Waals surface area contributed by atoms with Crippen molar-refractivity contribution in [3.8, 4) is 11.5 Å². The third-order valence-electron chi connectivity index (χ3n) is 7.15. The maximum atomic E-state index is 13.2. The topological polar surface area (TPSA) is 122 Å². The lowest BCUT2D eigenvalue weighted by molar-refractivity contribution is -0.137. The number of nitrogens with one attached hydrogen (secondary N) is 1. The molecule has 0 fully saturated rings. The zero-order chi connectivity index (χ0) is 32.7. The molecular weight excluding hydrogens is 584 g/mol. The fourth-order valence-corrected chi connectivity index (χ4v) is 4.67. The summed E-state index contributed by atoms with van der Waals surface area (Å²) in [5.41, 5.74) is 2.30. The summed E-state index contributed by atoms with van der Waals surface area (Å²) >= 11 is 0. The molecule has 0 unspecified atom stereocenters. The van der Waals surface area contributed by atoms with Crippen molar-refractivity contribution in [1.29, 1.82) is 0 Å². The van der Waals surface area contributed by atoms with E-state index in [0.717, 1.165) is 12.8 Å². The van der Waals surface area contributed by atoms with Gasteiger partial charge in [0, 0.05) is 23.4 Å². The van der Waals surface area contributed by atoms with Gasteiger partial charge in [-0.15, -0.1) is 0 Å². The van der Waals surface area contributed by atoms with Crippen LogP contribution < -0.4 is 14.8 Å². The van der Waals surface area contributed by atoms with Gasteiger partial charge in [-0.05, 0) is 84.8 Å². The largest absolute Gasteiger partial charge is 0.494 e. The molecule has 0 aromatic heterocycles. The number of carboxylic acid groups (broad SMARTS) is 1. The smallest absolute Gasteiger partial charge is 0.343 e. The second-order valence-corrected chi connectivity index (χ2v) is 10.8. The number of carbonyl (C=O) groups is 4. The van der Waals surface area contributed by atoms with Crippen LogP contribution in [0, 0.1) is 0 Å². The van der Waals surface area contributed by atoms with Crippen molar-refractivity contribution in [1.82, 2.24) is 4.90 Å². The minimum atomic E-state index is -1.16. The third kappa shape index (κ3) is 10.3. The Labute approximate surface area is 268 Å². The van der Waals surface area contributed by atoms with Gasteiger partial charge in [-0.3, -0.25) is 14.4 Å². The van der Waals surface area contributed by atoms with E-state index in [1.165, 1.54) is 36.3 Å². The summed E-state index contributed by atoms with van der Waals surface area (Å²) < 4.78 is 11.3. The van der Waals surface area contributed by atoms with Gasteiger partial charge in [0.05, 0.1) is 12.2 Å². The van der Waals surface area contributed by atoms with Gasteiger partial charge < -0.3 is 24.8 Å². The molecule has 0 aliphatic heterocycles. The predicted molar refractivity (Wildman–Crippen MR) is 175 cm³/mol. The lowest BCUT2D eigenvalue weighted by Gasteiger charge is -2.21. The van der Waals surface area contributed by atoms with Crippen molar-refractivity contribution < 1.29 is 33.8 Å². The average molecular weight is 623 g/mol. The van der Waals surface area contributed by atoms with Gasteiger partial charge in [0.1, 0.15) is 18.0 Å². The van der Waals surface area contributed by atoms with E-state index in [-0.39, 0.29) is 18.0 Å². The van der Waals surface area contributed by atoms with Crippen molar-refractivity contribution in [2.24, 2.45) is 0 Å². The number of anilines is 1. The minimum absolute atomic E-state index is 0.0198. The van der Waals surface area contributed by atoms with Crippen molar-refractivity contribution in [2.75, 3.05) is 18.5 Å². The van der Waals surface area contributed by atoms with Gasteiger partial charge in [0.15, 0.2) is 0 Å². The average Bonchev–Trinajstić information content (AvgIpc) is 3.07. The van der Waals surface area contributed by atoms with E-state index in [9.17, 15) is 24.3 Å². The first-order chi connectivity index (χ1) is 22.3. The zero-order valence-corrected chi connectivity index (χ0v) is 25.8. The Hall–Kier alpha value is -5.44. The summed E-state index contributed by atoms with van der Waals surface area (Å²) in [7, 11) is 0. The van der Waals surface area contributed by atoms with E-state index in [1.54, 1.807) is 84.9 Å². The molecular formula is C37H38N2O7. The highest BCUT2D eigenvalue weighted by Gasteiger charge is 2.20. The Morgan fingerprint density at radius 1 is 0.696 bits per heavy atom. The second-order valence-electron chi connectivity index (χ2n) is 10.8. The lowest BCUT2D eigenvalue weighted by atomic mass is 10.1. The number of hydrogen-bond acceptors (Lipinski definition) is 6. The van der Waals surface area contributed by atoms with E-state index >= 15 is 0 Å². The first kappa shape index (κ1) is 33.5. The third-order valence-corrected chi connectivity index (χ3v) is 7.15. The summed E-state index contributed by atoms with van der Waals surface area (Å²) in [6, 6.07) is 28.3. The Balaban J connectivity index is 1.31. The number of unbranched alkanes of at least 4 members (excludes halogenated alkanes) is 4. The van der Waals surface area contributed by atoms with Crippen molar-refractivity contribution >= 4 is 29.4 Å². The molecule has 2 amide bonds. The fraction of sp³-hybridized carbons (Fsp3) is 0.243. The Bertz CT molecular complexity index is 1590. The SMILES string of the molecule is CCCCCCCOc1ccc(C(=O)Oc2ccc(CN(CC(=O)O)C(=O)c3ccc(NC(=O)c4ccccc4)cc3)cc2)cc1. The van der Waals surface area contributed by atoms with Gasteiger partial charge in [-0.2, -0.15) is 0 Å². The molecule has 0 aliphatic carbocycles.